The third-order valence-electron chi connectivity index (χ3n) is 2.98. The zero-order valence-electron chi connectivity index (χ0n) is 10.6. The number of nitrogens with zero attached hydrogens (tertiary/aromatic N) is 3. The summed E-state index contributed by atoms with van der Waals surface area (Å²) >= 11 is 0. The molecule has 92 valence electrons. The predicted octanol–water partition coefficient (Wildman–Crippen LogP) is 0.734. The Kier molecular flexibility index (Phi) is 3.42. The topological polar surface area (TPSA) is 59.1 Å². The van der Waals surface area contributed by atoms with E-state index in [1.165, 1.54) is 11.1 Å². The van der Waals surface area contributed by atoms with E-state index in [0.29, 0.717) is 6.67 Å². The summed E-state index contributed by atoms with van der Waals surface area (Å²) in [6.07, 6.45) is 0. The highest BCUT2D eigenvalue weighted by Gasteiger charge is 2.05. The van der Waals surface area contributed by atoms with Crippen LogP contribution >= 0.6 is 0 Å². The van der Waals surface area contributed by atoms with Gasteiger partial charge in [-0.3, -0.25) is 10.7 Å². The van der Waals surface area contributed by atoms with Crippen molar-refractivity contribution in [2.75, 3.05) is 13.7 Å². The fourth-order valence-corrected chi connectivity index (χ4v) is 1.99. The summed E-state index contributed by atoms with van der Waals surface area (Å²) in [5.41, 5.74) is 6.11. The van der Waals surface area contributed by atoms with Gasteiger partial charge in [0.2, 0.25) is 0 Å². The Bertz CT molecular complexity index is 517. The number of aromatic nitrogens is 2. The maximum Gasteiger partial charge on any atom is 0.106 e. The molecule has 1 heterocycles. The van der Waals surface area contributed by atoms with Crippen LogP contribution in [-0.2, 0) is 13.6 Å². The molecule has 1 aromatic heterocycles. The molecule has 3 N–H and O–H groups in total. The maximum atomic E-state index is 5.29. The highest BCUT2D eigenvalue weighted by Crippen LogP contribution is 2.17. The van der Waals surface area contributed by atoms with E-state index in [1.807, 2.05) is 21.0 Å². The Morgan fingerprint density at radius 2 is 2.24 bits per heavy atom. The van der Waals surface area contributed by atoms with E-state index in [0.717, 1.165) is 17.9 Å². The molecular formula is C12H19N5. The third-order valence-corrected chi connectivity index (χ3v) is 2.98. The van der Waals surface area contributed by atoms with Gasteiger partial charge in [-0.2, -0.15) is 0 Å². The van der Waals surface area contributed by atoms with E-state index >= 15 is 0 Å². The molecule has 0 aliphatic carbocycles. The number of nitrogens with one attached hydrogen (secondary N) is 1. The number of imidazole rings is 1. The first-order valence-electron chi connectivity index (χ1n) is 5.66. The van der Waals surface area contributed by atoms with Crippen molar-refractivity contribution >= 4 is 11.0 Å². The summed E-state index contributed by atoms with van der Waals surface area (Å²) in [6.45, 7) is 3.54. The van der Waals surface area contributed by atoms with Gasteiger partial charge in [-0.1, -0.05) is 6.07 Å². The van der Waals surface area contributed by atoms with Crippen molar-refractivity contribution in [3.63, 3.8) is 0 Å². The van der Waals surface area contributed by atoms with Gasteiger partial charge < -0.3 is 4.57 Å². The normalized spacial score (nSPS) is 11.6. The maximum absolute atomic E-state index is 5.29. The van der Waals surface area contributed by atoms with Gasteiger partial charge in [-0.05, 0) is 31.7 Å². The second kappa shape index (κ2) is 4.83. The molecule has 0 bridgehead atoms. The first kappa shape index (κ1) is 12.0. The quantitative estimate of drug-likeness (QED) is 0.464. The highest BCUT2D eigenvalue weighted by molar-refractivity contribution is 5.76. The number of fused-ring (bicyclic) bond motifs is 1. The van der Waals surface area contributed by atoms with Gasteiger partial charge in [-0.25, -0.2) is 10.4 Å². The number of benzene rings is 1. The minimum absolute atomic E-state index is 0.666. The molecule has 2 rings (SSSR count). The first-order valence-corrected chi connectivity index (χ1v) is 5.66. The Hall–Kier alpha value is -1.43. The lowest BCUT2D eigenvalue weighted by Gasteiger charge is -2.15. The van der Waals surface area contributed by atoms with Crippen LogP contribution < -0.4 is 11.3 Å². The summed E-state index contributed by atoms with van der Waals surface area (Å²) in [5, 5.41) is 0. The number of rotatable bonds is 4. The Labute approximate surface area is 101 Å². The van der Waals surface area contributed by atoms with Crippen molar-refractivity contribution < 1.29 is 0 Å². The van der Waals surface area contributed by atoms with Crippen LogP contribution in [0.2, 0.25) is 0 Å². The van der Waals surface area contributed by atoms with Crippen molar-refractivity contribution in [3.05, 3.63) is 29.6 Å². The van der Waals surface area contributed by atoms with Gasteiger partial charge in [0, 0.05) is 13.6 Å². The summed E-state index contributed by atoms with van der Waals surface area (Å²) in [5.74, 6) is 6.33. The largest absolute Gasteiger partial charge is 0.331 e. The molecule has 0 fully saturated rings. The van der Waals surface area contributed by atoms with E-state index in [-0.39, 0.29) is 0 Å². The molecule has 5 heteroatoms. The average Bonchev–Trinajstić information content (AvgIpc) is 2.55. The fourth-order valence-electron chi connectivity index (χ4n) is 1.99. The van der Waals surface area contributed by atoms with E-state index in [2.05, 4.69) is 38.1 Å². The van der Waals surface area contributed by atoms with Gasteiger partial charge in [0.1, 0.15) is 5.82 Å². The van der Waals surface area contributed by atoms with Crippen molar-refractivity contribution in [1.82, 2.24) is 19.9 Å². The smallest absolute Gasteiger partial charge is 0.106 e. The van der Waals surface area contributed by atoms with Crippen LogP contribution in [0.1, 0.15) is 11.4 Å². The predicted molar refractivity (Wildman–Crippen MR) is 69.1 cm³/mol. The zero-order chi connectivity index (χ0) is 12.4. The lowest BCUT2D eigenvalue weighted by Crippen LogP contribution is -2.34. The second-order valence-electron chi connectivity index (χ2n) is 4.42. The SMILES string of the molecule is Cc1nc2cc(CN(C)CNN)ccc2n1C. The van der Waals surface area contributed by atoms with Crippen molar-refractivity contribution in [3.8, 4) is 0 Å². The van der Waals surface area contributed by atoms with E-state index in [1.54, 1.807) is 0 Å². The minimum Gasteiger partial charge on any atom is -0.331 e. The molecule has 0 aliphatic rings. The van der Waals surface area contributed by atoms with E-state index in [9.17, 15) is 0 Å². The van der Waals surface area contributed by atoms with Crippen LogP contribution in [0.3, 0.4) is 0 Å². The molecule has 0 spiro atoms. The Balaban J connectivity index is 2.26. The van der Waals surface area contributed by atoms with Crippen LogP contribution in [-0.4, -0.2) is 28.2 Å². The minimum atomic E-state index is 0.666. The van der Waals surface area contributed by atoms with Crippen LogP contribution in [0, 0.1) is 6.92 Å². The summed E-state index contributed by atoms with van der Waals surface area (Å²) in [6, 6.07) is 6.39. The van der Waals surface area contributed by atoms with Gasteiger partial charge >= 0.3 is 0 Å². The van der Waals surface area contributed by atoms with Crippen LogP contribution in [0.15, 0.2) is 18.2 Å². The van der Waals surface area contributed by atoms with Crippen LogP contribution in [0.5, 0.6) is 0 Å². The first-order chi connectivity index (χ1) is 8.11. The average molecular weight is 233 g/mol. The third kappa shape index (κ3) is 2.46. The zero-order valence-corrected chi connectivity index (χ0v) is 10.6. The molecule has 0 aliphatic heterocycles. The molecular weight excluding hydrogens is 214 g/mol. The van der Waals surface area contributed by atoms with E-state index in [4.69, 9.17) is 5.84 Å². The highest BCUT2D eigenvalue weighted by atomic mass is 15.3. The Morgan fingerprint density at radius 1 is 1.47 bits per heavy atom. The summed E-state index contributed by atoms with van der Waals surface area (Å²) in [7, 11) is 4.06. The van der Waals surface area contributed by atoms with Gasteiger partial charge in [0.15, 0.2) is 0 Å². The monoisotopic (exact) mass is 233 g/mol. The molecule has 0 saturated carbocycles. The lowest BCUT2D eigenvalue weighted by atomic mass is 10.2. The standard InChI is InChI=1S/C12H19N5/c1-9-15-11-6-10(7-16(2)8-14-13)4-5-12(11)17(9)3/h4-6,14H,7-8,13H2,1-3H3. The number of aryl methyl sites for hydroxylation is 2. The lowest BCUT2D eigenvalue weighted by molar-refractivity contribution is 0.301. The molecule has 2 aromatic rings. The number of hydrogen-bond donors (Lipinski definition) is 2. The molecule has 5 nitrogen and oxygen atoms in total. The molecule has 1 aromatic carbocycles. The van der Waals surface area contributed by atoms with E-state index < -0.39 is 0 Å². The summed E-state index contributed by atoms with van der Waals surface area (Å²) in [4.78, 5) is 6.64. The number of hydrogen-bond acceptors (Lipinski definition) is 4. The molecule has 0 saturated heterocycles. The molecule has 0 atom stereocenters. The molecule has 0 radical (unpaired) electrons. The van der Waals surface area contributed by atoms with Gasteiger partial charge in [-0.15, -0.1) is 0 Å². The molecule has 17 heavy (non-hydrogen) atoms. The Morgan fingerprint density at radius 3 is 2.94 bits per heavy atom. The number of nitrogens with two attached hydrogens (primary N) is 1. The van der Waals surface area contributed by atoms with Gasteiger partial charge in [0.05, 0.1) is 17.7 Å². The van der Waals surface area contributed by atoms with Crippen LogP contribution in [0.4, 0.5) is 0 Å². The number of hydrazine groups is 1. The van der Waals surface area contributed by atoms with Crippen molar-refractivity contribution in [2.45, 2.75) is 13.5 Å². The van der Waals surface area contributed by atoms with Crippen molar-refractivity contribution in [1.29, 1.82) is 0 Å². The molecule has 0 unspecified atom stereocenters. The van der Waals surface area contributed by atoms with Gasteiger partial charge in [0.25, 0.3) is 0 Å². The fraction of sp³-hybridized carbons (Fsp3) is 0.417. The second-order valence-corrected chi connectivity index (χ2v) is 4.42. The molecule has 0 amide bonds. The van der Waals surface area contributed by atoms with Crippen LogP contribution in [0.25, 0.3) is 11.0 Å². The summed E-state index contributed by atoms with van der Waals surface area (Å²) < 4.78 is 2.10. The van der Waals surface area contributed by atoms with Crippen molar-refractivity contribution in [2.24, 2.45) is 12.9 Å².